The van der Waals surface area contributed by atoms with Crippen LogP contribution in [0.3, 0.4) is 0 Å². The molecule has 0 atom stereocenters. The predicted molar refractivity (Wildman–Crippen MR) is 125 cm³/mol. The molecule has 0 spiro atoms. The third-order valence-electron chi connectivity index (χ3n) is 3.44. The lowest BCUT2D eigenvalue weighted by Crippen LogP contribution is -2.25. The molecule has 0 radical (unpaired) electrons. The van der Waals surface area contributed by atoms with Crippen molar-refractivity contribution < 1.29 is 14.4 Å². The third kappa shape index (κ3) is 7.92. The minimum Gasteiger partial charge on any atom is -0.369 e. The van der Waals surface area contributed by atoms with Crippen molar-refractivity contribution in [2.24, 2.45) is 5.73 Å². The maximum atomic E-state index is 12.0. The van der Waals surface area contributed by atoms with Crippen molar-refractivity contribution in [2.45, 2.75) is 0 Å². The number of rotatable bonds is 0. The van der Waals surface area contributed by atoms with Crippen molar-refractivity contribution >= 4 is 58.7 Å². The van der Waals surface area contributed by atoms with Crippen LogP contribution in [-0.2, 0) is 0 Å². The average molecular weight is 526 g/mol. The molecule has 5 rings (SSSR count). The lowest BCUT2D eigenvalue weighted by Gasteiger charge is -1.91. The fourth-order valence-electron chi connectivity index (χ4n) is 2.04. The van der Waals surface area contributed by atoms with Gasteiger partial charge < -0.3 is 36.4 Å². The summed E-state index contributed by atoms with van der Waals surface area (Å²) in [6.07, 6.45) is 5.36. The number of nitrogens with zero attached hydrogens (tertiary/aromatic N) is 4. The first-order chi connectivity index (χ1) is 16.6. The van der Waals surface area contributed by atoms with E-state index in [-0.39, 0.29) is 5.95 Å². The zero-order valence-electron chi connectivity index (χ0n) is 17.1. The van der Waals surface area contributed by atoms with Gasteiger partial charge in [0, 0.05) is 6.20 Å². The number of aromatic nitrogens is 10. The normalized spacial score (nSPS) is 9.66. The van der Waals surface area contributed by atoms with Gasteiger partial charge in [0.1, 0.15) is 11.0 Å². The topological polar surface area (TPSA) is 282 Å². The number of primary amides is 1. The van der Waals surface area contributed by atoms with E-state index in [1.54, 1.807) is 11.3 Å². The highest BCUT2D eigenvalue weighted by Gasteiger charge is 1.99. The molecule has 2 amide bonds. The minimum atomic E-state index is -1.00. The molecule has 0 saturated heterocycles. The molecule has 0 fully saturated rings. The number of H-pyrrole nitrogens is 6. The number of imidazole rings is 2. The number of nitrogens with two attached hydrogens (primary N) is 2. The summed E-state index contributed by atoms with van der Waals surface area (Å²) in [5.74, 6) is -0.704. The highest BCUT2D eigenvalue weighted by molar-refractivity contribution is 7.71. The number of hydrogen-bond acceptors (Lipinski definition) is 11. The Balaban J connectivity index is 0.000000170. The van der Waals surface area contributed by atoms with E-state index in [0.29, 0.717) is 26.6 Å². The summed E-state index contributed by atoms with van der Waals surface area (Å²) in [7, 11) is 0. The molecule has 0 aliphatic rings. The van der Waals surface area contributed by atoms with Gasteiger partial charge in [0.2, 0.25) is 11.8 Å². The molecule has 35 heavy (non-hydrogen) atoms. The number of hydroxylamine groups is 1. The third-order valence-corrected chi connectivity index (χ3v) is 4.05. The second-order valence-corrected chi connectivity index (χ2v) is 6.56. The van der Waals surface area contributed by atoms with Crippen LogP contribution in [0, 0.1) is 15.1 Å². The molecule has 0 unspecified atom stereocenters. The van der Waals surface area contributed by atoms with Crippen LogP contribution >= 0.6 is 24.4 Å². The molecule has 5 aromatic heterocycles. The maximum absolute atomic E-state index is 12.0. The highest BCUT2D eigenvalue weighted by Crippen LogP contribution is 2.07. The van der Waals surface area contributed by atoms with Gasteiger partial charge in [-0.2, -0.15) is 4.39 Å². The Bertz CT molecular complexity index is 1650. The van der Waals surface area contributed by atoms with Gasteiger partial charge in [-0.05, 0) is 0 Å². The smallest absolute Gasteiger partial charge is 0.335 e. The fraction of sp³-hybridized carbons (Fsp3) is 0. The van der Waals surface area contributed by atoms with Crippen molar-refractivity contribution in [3.63, 3.8) is 0 Å². The molecule has 0 aliphatic heterocycles. The molecule has 0 saturated carbocycles. The van der Waals surface area contributed by atoms with Crippen LogP contribution in [0.15, 0.2) is 34.8 Å². The summed E-state index contributed by atoms with van der Waals surface area (Å²) in [5.41, 5.74) is 12.0. The van der Waals surface area contributed by atoms with Gasteiger partial charge in [-0.3, -0.25) is 15.0 Å². The molecular formula is C15H16FN13O4S2. The van der Waals surface area contributed by atoms with Gasteiger partial charge >= 0.3 is 11.7 Å². The van der Waals surface area contributed by atoms with Crippen molar-refractivity contribution in [1.82, 2.24) is 55.3 Å². The van der Waals surface area contributed by atoms with E-state index < -0.39 is 23.1 Å². The number of anilines is 1. The largest absolute Gasteiger partial charge is 0.369 e. The lowest BCUT2D eigenvalue weighted by atomic mass is 10.6. The van der Waals surface area contributed by atoms with Crippen molar-refractivity contribution in [3.05, 3.63) is 61.1 Å². The first-order valence-electron chi connectivity index (χ1n) is 8.85. The number of nitrogens with one attached hydrogen (secondary N) is 7. The quantitative estimate of drug-likeness (QED) is 0.0721. The number of aromatic amines is 6. The number of nitrogen functional groups attached to an aromatic ring is 1. The van der Waals surface area contributed by atoms with E-state index in [2.05, 4.69) is 45.6 Å². The van der Waals surface area contributed by atoms with Gasteiger partial charge in [-0.1, -0.05) is 24.4 Å². The van der Waals surface area contributed by atoms with E-state index >= 15 is 0 Å². The van der Waals surface area contributed by atoms with Gasteiger partial charge in [0.05, 0.1) is 19.0 Å². The zero-order valence-corrected chi connectivity index (χ0v) is 18.8. The van der Waals surface area contributed by atoms with Gasteiger partial charge in [-0.25, -0.2) is 35.0 Å². The van der Waals surface area contributed by atoms with Crippen LogP contribution in [0.2, 0.25) is 0 Å². The monoisotopic (exact) mass is 525 g/mol. The zero-order chi connectivity index (χ0) is 26.0. The van der Waals surface area contributed by atoms with E-state index in [4.69, 9.17) is 35.4 Å². The fourth-order valence-corrected chi connectivity index (χ4v) is 2.51. The number of carbonyl (C=O) groups is 1. The second kappa shape index (κ2) is 12.4. The van der Waals surface area contributed by atoms with E-state index in [1.165, 1.54) is 18.1 Å². The molecule has 5 heterocycles. The van der Waals surface area contributed by atoms with Gasteiger partial charge in [-0.15, -0.1) is 0 Å². The van der Waals surface area contributed by atoms with Gasteiger partial charge in [0.15, 0.2) is 20.6 Å². The first-order valence-corrected chi connectivity index (χ1v) is 9.66. The second-order valence-electron chi connectivity index (χ2n) is 5.78. The number of carbonyl (C=O) groups excluding carboxylic acids is 1. The Kier molecular flexibility index (Phi) is 9.39. The number of amides is 2. The van der Waals surface area contributed by atoms with Crippen LogP contribution in [0.1, 0.15) is 0 Å². The maximum Gasteiger partial charge on any atom is 0.335 e. The summed E-state index contributed by atoms with van der Waals surface area (Å²) < 4.78 is 13.0. The van der Waals surface area contributed by atoms with Crippen molar-refractivity contribution in [3.8, 4) is 0 Å². The average Bonchev–Trinajstić information content (AvgIpc) is 3.48. The molecule has 0 aliphatic carbocycles. The van der Waals surface area contributed by atoms with Crippen molar-refractivity contribution in [2.75, 3.05) is 5.73 Å². The standard InChI is InChI=1S/C5H5N5S.C5H4N4S.C4H3FN2O2.CH4N2O2/c6-5-9-3-2(4(11)10-5)7-1-8-3;10-5-3-4(7-1-6-3)8-2-9-5;5-2-1-6-4(9)7-3(2)8;2-1(4)3-5/h1H,(H4,6,7,8,9,10,11);1-2H,(H2,6,7,8,9,10);1H,(H2,6,7,8,9);5H,(H3,2,3,4). The Morgan fingerprint density at radius 3 is 2.06 bits per heavy atom. The van der Waals surface area contributed by atoms with E-state index in [1.807, 2.05) is 4.98 Å². The summed E-state index contributed by atoms with van der Waals surface area (Å²) in [5, 5.41) is 7.42. The van der Waals surface area contributed by atoms with Crippen LogP contribution in [0.25, 0.3) is 22.3 Å². The molecule has 0 aromatic carbocycles. The Hall–Kier alpha value is -4.82. The molecule has 184 valence electrons. The lowest BCUT2D eigenvalue weighted by molar-refractivity contribution is 0.169. The molecular weight excluding hydrogens is 509 g/mol. The van der Waals surface area contributed by atoms with Crippen LogP contribution in [0.4, 0.5) is 15.1 Å². The molecule has 0 bridgehead atoms. The Labute approximate surface area is 201 Å². The Morgan fingerprint density at radius 1 is 0.943 bits per heavy atom. The van der Waals surface area contributed by atoms with Crippen LogP contribution in [0.5, 0.6) is 0 Å². The van der Waals surface area contributed by atoms with Gasteiger partial charge in [0.25, 0.3) is 5.56 Å². The Morgan fingerprint density at radius 2 is 1.51 bits per heavy atom. The minimum absolute atomic E-state index is 0.287. The molecule has 12 N–H and O–H groups in total. The number of urea groups is 1. The van der Waals surface area contributed by atoms with Crippen LogP contribution in [-0.4, -0.2) is 61.1 Å². The molecule has 5 aromatic rings. The molecule has 17 nitrogen and oxygen atoms in total. The number of halogens is 1. The number of fused-ring (bicyclic) bond motifs is 2. The summed E-state index contributed by atoms with van der Waals surface area (Å²) in [4.78, 5) is 60.2. The summed E-state index contributed by atoms with van der Waals surface area (Å²) in [6, 6.07) is -0.940. The summed E-state index contributed by atoms with van der Waals surface area (Å²) >= 11 is 9.82. The number of hydrogen-bond donors (Lipinski definition) is 10. The van der Waals surface area contributed by atoms with E-state index in [0.717, 1.165) is 11.2 Å². The van der Waals surface area contributed by atoms with Crippen molar-refractivity contribution in [1.29, 1.82) is 0 Å². The first kappa shape index (κ1) is 26.4. The summed E-state index contributed by atoms with van der Waals surface area (Å²) in [6.45, 7) is 0. The SMILES string of the molecule is NC(=O)NO.Nc1nc(=S)c2[nH]cnc2[nH]1.O=c1[nH]cc(F)c(=O)[nH]1.S=c1nc[nH]c2nc[nH]c12. The predicted octanol–water partition coefficient (Wildman–Crippen LogP) is -0.141. The van der Waals surface area contributed by atoms with E-state index in [9.17, 15) is 18.8 Å². The molecule has 20 heteroatoms. The highest BCUT2D eigenvalue weighted by atomic mass is 32.1. The van der Waals surface area contributed by atoms with Crippen LogP contribution < -0.4 is 28.2 Å².